The van der Waals surface area contributed by atoms with E-state index in [2.05, 4.69) is 10.2 Å². The Labute approximate surface area is 200 Å². The fourth-order valence-electron chi connectivity index (χ4n) is 4.25. The van der Waals surface area contributed by atoms with Crippen molar-refractivity contribution in [2.45, 2.75) is 37.5 Å². The van der Waals surface area contributed by atoms with Gasteiger partial charge in [0.2, 0.25) is 5.91 Å². The number of aryl methyl sites for hydroxylation is 1. The highest BCUT2D eigenvalue weighted by atomic mass is 32.2. The summed E-state index contributed by atoms with van der Waals surface area (Å²) in [6, 6.07) is 19.2. The Morgan fingerprint density at radius 1 is 1.00 bits per heavy atom. The molecule has 5 nitrogen and oxygen atoms in total. The van der Waals surface area contributed by atoms with Crippen molar-refractivity contribution in [1.82, 2.24) is 0 Å². The third kappa shape index (κ3) is 5.83. The highest BCUT2D eigenvalue weighted by molar-refractivity contribution is 7.91. The molecule has 1 heterocycles. The first-order valence-corrected chi connectivity index (χ1v) is 13.2. The van der Waals surface area contributed by atoms with Crippen LogP contribution in [0.15, 0.2) is 71.6 Å². The van der Waals surface area contributed by atoms with Crippen molar-refractivity contribution >= 4 is 27.1 Å². The predicted octanol–water partition coefficient (Wildman–Crippen LogP) is 4.80. The van der Waals surface area contributed by atoms with Gasteiger partial charge in [0.25, 0.3) is 0 Å². The molecule has 0 aliphatic carbocycles. The number of rotatable bonds is 8. The number of fused-ring (bicyclic) bond motifs is 1. The van der Waals surface area contributed by atoms with Gasteiger partial charge >= 0.3 is 0 Å². The smallest absolute Gasteiger partial charge is 0.228 e. The number of halogens is 1. The average molecular weight is 481 g/mol. The molecule has 34 heavy (non-hydrogen) atoms. The van der Waals surface area contributed by atoms with Gasteiger partial charge < -0.3 is 10.2 Å². The summed E-state index contributed by atoms with van der Waals surface area (Å²) in [5.41, 5.74) is 4.81. The first-order chi connectivity index (χ1) is 16.3. The molecule has 1 amide bonds. The van der Waals surface area contributed by atoms with Crippen LogP contribution in [0.25, 0.3) is 0 Å². The fourth-order valence-corrected chi connectivity index (χ4v) is 5.13. The zero-order chi connectivity index (χ0) is 24.1. The van der Waals surface area contributed by atoms with E-state index in [4.69, 9.17) is 0 Å². The summed E-state index contributed by atoms with van der Waals surface area (Å²) in [7, 11) is -3.25. The molecule has 0 bridgehead atoms. The number of carbonyl (C=O) groups excluding carboxylic acids is 1. The maximum atomic E-state index is 13.7. The molecule has 0 unspecified atom stereocenters. The van der Waals surface area contributed by atoms with Crippen molar-refractivity contribution in [1.29, 1.82) is 0 Å². The number of sulfone groups is 1. The number of hydrogen-bond donors (Lipinski definition) is 1. The molecule has 7 heteroatoms. The Morgan fingerprint density at radius 3 is 2.41 bits per heavy atom. The summed E-state index contributed by atoms with van der Waals surface area (Å²) in [6.45, 7) is 3.34. The van der Waals surface area contributed by atoms with E-state index in [1.807, 2.05) is 30.3 Å². The van der Waals surface area contributed by atoms with E-state index in [1.54, 1.807) is 37.3 Å². The first-order valence-electron chi connectivity index (χ1n) is 11.6. The molecular formula is C27H29FN2O3S. The number of benzene rings is 3. The van der Waals surface area contributed by atoms with Crippen LogP contribution in [-0.2, 0) is 33.9 Å². The van der Waals surface area contributed by atoms with E-state index in [0.717, 1.165) is 49.2 Å². The maximum Gasteiger partial charge on any atom is 0.228 e. The SMILES string of the molecule is CCS(=O)(=O)c1ccc(CC(=O)Nc2ccc(CCN3CCCc4ccc(F)cc43)cc2)cc1. The van der Waals surface area contributed by atoms with Crippen LogP contribution in [-0.4, -0.2) is 33.2 Å². The van der Waals surface area contributed by atoms with Gasteiger partial charge in [0.1, 0.15) is 5.82 Å². The van der Waals surface area contributed by atoms with E-state index >= 15 is 0 Å². The normalized spacial score (nSPS) is 13.4. The van der Waals surface area contributed by atoms with Gasteiger partial charge in [-0.05, 0) is 72.4 Å². The van der Waals surface area contributed by atoms with Crippen LogP contribution in [0.3, 0.4) is 0 Å². The minimum Gasteiger partial charge on any atom is -0.371 e. The molecule has 3 aromatic rings. The number of amides is 1. The second-order valence-corrected chi connectivity index (χ2v) is 10.9. The molecule has 0 radical (unpaired) electrons. The summed E-state index contributed by atoms with van der Waals surface area (Å²) in [4.78, 5) is 14.9. The summed E-state index contributed by atoms with van der Waals surface area (Å²) in [6.07, 6.45) is 3.06. The summed E-state index contributed by atoms with van der Waals surface area (Å²) >= 11 is 0. The molecule has 1 N–H and O–H groups in total. The van der Waals surface area contributed by atoms with Crippen LogP contribution < -0.4 is 10.2 Å². The molecule has 0 aromatic heterocycles. The fraction of sp³-hybridized carbons (Fsp3) is 0.296. The lowest BCUT2D eigenvalue weighted by Gasteiger charge is -2.31. The highest BCUT2D eigenvalue weighted by Gasteiger charge is 2.17. The van der Waals surface area contributed by atoms with E-state index in [-0.39, 0.29) is 28.8 Å². The summed E-state index contributed by atoms with van der Waals surface area (Å²) in [5, 5.41) is 2.89. The van der Waals surface area contributed by atoms with Gasteiger partial charge in [-0.2, -0.15) is 0 Å². The van der Waals surface area contributed by atoms with Crippen LogP contribution >= 0.6 is 0 Å². The largest absolute Gasteiger partial charge is 0.371 e. The summed E-state index contributed by atoms with van der Waals surface area (Å²) < 4.78 is 37.5. The third-order valence-corrected chi connectivity index (χ3v) is 7.95. The van der Waals surface area contributed by atoms with Gasteiger partial charge in [0.15, 0.2) is 9.84 Å². The lowest BCUT2D eigenvalue weighted by molar-refractivity contribution is -0.115. The van der Waals surface area contributed by atoms with Gasteiger partial charge in [-0.3, -0.25) is 4.79 Å². The van der Waals surface area contributed by atoms with Crippen molar-refractivity contribution in [3.8, 4) is 0 Å². The van der Waals surface area contributed by atoms with Crippen LogP contribution in [0, 0.1) is 5.82 Å². The number of nitrogens with one attached hydrogen (secondary N) is 1. The quantitative estimate of drug-likeness (QED) is 0.503. The maximum absolute atomic E-state index is 13.7. The van der Waals surface area contributed by atoms with Crippen LogP contribution in [0.2, 0.25) is 0 Å². The molecule has 3 aromatic carbocycles. The third-order valence-electron chi connectivity index (χ3n) is 6.20. The average Bonchev–Trinajstić information content (AvgIpc) is 2.84. The number of nitrogens with zero attached hydrogens (tertiary/aromatic N) is 1. The van der Waals surface area contributed by atoms with E-state index in [1.165, 1.54) is 11.6 Å². The van der Waals surface area contributed by atoms with E-state index in [9.17, 15) is 17.6 Å². The lowest BCUT2D eigenvalue weighted by atomic mass is 10.0. The standard InChI is InChI=1S/C27H29FN2O3S/c1-2-34(32,33)25-13-7-21(8-14-25)18-27(31)29-24-11-5-20(6-12-24)15-17-30-16-3-4-22-9-10-23(28)19-26(22)30/h5-14,19H,2-4,15-18H2,1H3,(H,29,31). The number of hydrogen-bond acceptors (Lipinski definition) is 4. The number of anilines is 2. The molecule has 0 saturated carbocycles. The predicted molar refractivity (Wildman–Crippen MR) is 134 cm³/mol. The van der Waals surface area contributed by atoms with Crippen LogP contribution in [0.1, 0.15) is 30.0 Å². The van der Waals surface area contributed by atoms with Gasteiger partial charge in [0, 0.05) is 24.5 Å². The molecule has 0 saturated heterocycles. The monoisotopic (exact) mass is 480 g/mol. The van der Waals surface area contributed by atoms with Crippen molar-refractivity contribution in [3.05, 3.63) is 89.2 Å². The minimum atomic E-state index is -3.25. The van der Waals surface area contributed by atoms with Crippen LogP contribution in [0.4, 0.5) is 15.8 Å². The first kappa shape index (κ1) is 24.0. The second kappa shape index (κ2) is 10.4. The Bertz CT molecular complexity index is 1260. The van der Waals surface area contributed by atoms with E-state index in [0.29, 0.717) is 5.69 Å². The Hall–Kier alpha value is -3.19. The Kier molecular flexibility index (Phi) is 7.32. The Morgan fingerprint density at radius 2 is 1.71 bits per heavy atom. The van der Waals surface area contributed by atoms with Crippen molar-refractivity contribution in [2.24, 2.45) is 0 Å². The second-order valence-electron chi connectivity index (χ2n) is 8.58. The molecule has 178 valence electrons. The molecule has 4 rings (SSSR count). The van der Waals surface area contributed by atoms with Crippen molar-refractivity contribution < 1.29 is 17.6 Å². The van der Waals surface area contributed by atoms with Gasteiger partial charge in [0.05, 0.1) is 17.1 Å². The van der Waals surface area contributed by atoms with Crippen molar-refractivity contribution in [2.75, 3.05) is 29.1 Å². The van der Waals surface area contributed by atoms with E-state index < -0.39 is 9.84 Å². The molecule has 0 spiro atoms. The molecule has 0 fully saturated rings. The summed E-state index contributed by atoms with van der Waals surface area (Å²) in [5.74, 6) is -0.314. The molecular weight excluding hydrogens is 451 g/mol. The Balaban J connectivity index is 1.30. The minimum absolute atomic E-state index is 0.0483. The van der Waals surface area contributed by atoms with Crippen LogP contribution in [0.5, 0.6) is 0 Å². The molecule has 1 aliphatic rings. The zero-order valence-corrected chi connectivity index (χ0v) is 20.1. The topological polar surface area (TPSA) is 66.5 Å². The zero-order valence-electron chi connectivity index (χ0n) is 19.3. The molecule has 0 atom stereocenters. The number of carbonyl (C=O) groups is 1. The lowest BCUT2D eigenvalue weighted by Crippen LogP contribution is -2.31. The van der Waals surface area contributed by atoms with Gasteiger partial charge in [-0.15, -0.1) is 0 Å². The van der Waals surface area contributed by atoms with Gasteiger partial charge in [-0.25, -0.2) is 12.8 Å². The van der Waals surface area contributed by atoms with Gasteiger partial charge in [-0.1, -0.05) is 37.3 Å². The highest BCUT2D eigenvalue weighted by Crippen LogP contribution is 2.28. The van der Waals surface area contributed by atoms with Crippen molar-refractivity contribution in [3.63, 3.8) is 0 Å². The molecule has 1 aliphatic heterocycles.